The van der Waals surface area contributed by atoms with Gasteiger partial charge in [0.25, 0.3) is 5.91 Å². The Hall–Kier alpha value is -3.24. The van der Waals surface area contributed by atoms with Crippen LogP contribution in [0.2, 0.25) is 0 Å². The molecule has 1 fully saturated rings. The summed E-state index contributed by atoms with van der Waals surface area (Å²) >= 11 is 0. The first kappa shape index (κ1) is 24.4. The van der Waals surface area contributed by atoms with E-state index in [-0.39, 0.29) is 31.0 Å². The van der Waals surface area contributed by atoms with Gasteiger partial charge in [0.2, 0.25) is 15.9 Å². The molecule has 1 saturated heterocycles. The van der Waals surface area contributed by atoms with Crippen molar-refractivity contribution in [1.82, 2.24) is 14.9 Å². The summed E-state index contributed by atoms with van der Waals surface area (Å²) in [6.07, 6.45) is 1.44. The van der Waals surface area contributed by atoms with Gasteiger partial charge in [-0.2, -0.15) is 0 Å². The molecule has 0 saturated carbocycles. The molecule has 176 valence electrons. The van der Waals surface area contributed by atoms with Gasteiger partial charge in [0.15, 0.2) is 0 Å². The Balaban J connectivity index is 1.50. The molecule has 0 aromatic heterocycles. The van der Waals surface area contributed by atoms with Gasteiger partial charge in [-0.1, -0.05) is 24.3 Å². The molecule has 33 heavy (non-hydrogen) atoms. The zero-order valence-electron chi connectivity index (χ0n) is 18.2. The Morgan fingerprint density at radius 2 is 1.76 bits per heavy atom. The van der Waals surface area contributed by atoms with Crippen LogP contribution in [-0.2, 0) is 14.8 Å². The standard InChI is InChI=1S/C23H27FN4O4S/c1-2-11-26-33(31,32)21-17-18(8-9-20(21)24)23(30)25-12-10-22(29)28-15-13-27(14-16-28)19-6-4-3-5-7-19/h2-9,17,26H,1,10-16H2,(H,25,30). The van der Waals surface area contributed by atoms with Crippen molar-refractivity contribution in [3.8, 4) is 0 Å². The maximum absolute atomic E-state index is 14.0. The summed E-state index contributed by atoms with van der Waals surface area (Å²) in [5.74, 6) is -1.62. The van der Waals surface area contributed by atoms with Gasteiger partial charge in [-0.15, -0.1) is 6.58 Å². The number of sulfonamides is 1. The van der Waals surface area contributed by atoms with Gasteiger partial charge in [0, 0.05) is 56.9 Å². The Morgan fingerprint density at radius 3 is 2.42 bits per heavy atom. The van der Waals surface area contributed by atoms with Crippen molar-refractivity contribution in [3.05, 3.63) is 72.6 Å². The van der Waals surface area contributed by atoms with E-state index in [0.717, 1.165) is 30.9 Å². The Labute approximate surface area is 193 Å². The second-order valence-corrected chi connectivity index (χ2v) is 9.23. The molecule has 3 rings (SSSR count). The smallest absolute Gasteiger partial charge is 0.251 e. The van der Waals surface area contributed by atoms with E-state index in [2.05, 4.69) is 21.5 Å². The normalized spacial score (nSPS) is 14.1. The minimum Gasteiger partial charge on any atom is -0.368 e. The average Bonchev–Trinajstić information content (AvgIpc) is 2.83. The average molecular weight is 475 g/mol. The number of carbonyl (C=O) groups excluding carboxylic acids is 2. The summed E-state index contributed by atoms with van der Waals surface area (Å²) < 4.78 is 40.6. The summed E-state index contributed by atoms with van der Waals surface area (Å²) in [5.41, 5.74) is 1.11. The molecule has 0 bridgehead atoms. The van der Waals surface area contributed by atoms with Crippen molar-refractivity contribution in [2.75, 3.05) is 44.2 Å². The Bertz CT molecular complexity index is 1100. The van der Waals surface area contributed by atoms with Gasteiger partial charge >= 0.3 is 0 Å². The molecule has 8 nitrogen and oxygen atoms in total. The number of halogens is 1. The van der Waals surface area contributed by atoms with Crippen LogP contribution in [0.15, 0.2) is 66.1 Å². The predicted octanol–water partition coefficient (Wildman–Crippen LogP) is 1.76. The predicted molar refractivity (Wildman–Crippen MR) is 124 cm³/mol. The second-order valence-electron chi connectivity index (χ2n) is 7.50. The van der Waals surface area contributed by atoms with Gasteiger partial charge < -0.3 is 15.1 Å². The van der Waals surface area contributed by atoms with Crippen LogP contribution < -0.4 is 14.9 Å². The summed E-state index contributed by atoms with van der Waals surface area (Å²) in [6, 6.07) is 13.1. The number of amides is 2. The van der Waals surface area contributed by atoms with Crippen molar-refractivity contribution in [3.63, 3.8) is 0 Å². The molecule has 0 unspecified atom stereocenters. The number of benzene rings is 2. The number of carbonyl (C=O) groups is 2. The van der Waals surface area contributed by atoms with Crippen LogP contribution in [0.5, 0.6) is 0 Å². The molecule has 2 N–H and O–H groups in total. The van der Waals surface area contributed by atoms with E-state index in [0.29, 0.717) is 13.1 Å². The molecular weight excluding hydrogens is 447 g/mol. The first-order chi connectivity index (χ1) is 15.8. The third kappa shape index (κ3) is 6.39. The van der Waals surface area contributed by atoms with Gasteiger partial charge in [-0.25, -0.2) is 17.5 Å². The molecule has 2 aromatic carbocycles. The zero-order chi connectivity index (χ0) is 23.8. The quantitative estimate of drug-likeness (QED) is 0.540. The number of nitrogens with one attached hydrogen (secondary N) is 2. The van der Waals surface area contributed by atoms with Gasteiger partial charge in [-0.05, 0) is 30.3 Å². The molecule has 1 aliphatic rings. The highest BCUT2D eigenvalue weighted by Gasteiger charge is 2.22. The van der Waals surface area contributed by atoms with Crippen LogP contribution in [0.4, 0.5) is 10.1 Å². The SMILES string of the molecule is C=CCNS(=O)(=O)c1cc(C(=O)NCCC(=O)N2CCN(c3ccccc3)CC2)ccc1F. The van der Waals surface area contributed by atoms with E-state index in [1.54, 1.807) is 4.90 Å². The van der Waals surface area contributed by atoms with Crippen molar-refractivity contribution in [1.29, 1.82) is 0 Å². The van der Waals surface area contributed by atoms with Crippen LogP contribution in [0.1, 0.15) is 16.8 Å². The topological polar surface area (TPSA) is 98.8 Å². The van der Waals surface area contributed by atoms with E-state index in [1.165, 1.54) is 12.1 Å². The highest BCUT2D eigenvalue weighted by Crippen LogP contribution is 2.17. The van der Waals surface area contributed by atoms with Crippen LogP contribution in [0.3, 0.4) is 0 Å². The molecule has 0 aliphatic carbocycles. The monoisotopic (exact) mass is 474 g/mol. The highest BCUT2D eigenvalue weighted by molar-refractivity contribution is 7.89. The van der Waals surface area contributed by atoms with E-state index < -0.39 is 26.6 Å². The number of para-hydroxylation sites is 1. The number of piperazine rings is 1. The van der Waals surface area contributed by atoms with Crippen LogP contribution in [0.25, 0.3) is 0 Å². The molecule has 1 aliphatic heterocycles. The fourth-order valence-corrected chi connectivity index (χ4v) is 4.59. The lowest BCUT2D eigenvalue weighted by molar-refractivity contribution is -0.131. The van der Waals surface area contributed by atoms with E-state index in [4.69, 9.17) is 0 Å². The van der Waals surface area contributed by atoms with Crippen LogP contribution >= 0.6 is 0 Å². The van der Waals surface area contributed by atoms with Crippen molar-refractivity contribution in [2.24, 2.45) is 0 Å². The fourth-order valence-electron chi connectivity index (χ4n) is 3.49. The van der Waals surface area contributed by atoms with E-state index in [9.17, 15) is 22.4 Å². The zero-order valence-corrected chi connectivity index (χ0v) is 19.0. The minimum absolute atomic E-state index is 0.0145. The van der Waals surface area contributed by atoms with E-state index in [1.807, 2.05) is 30.3 Å². The molecule has 2 amide bonds. The third-order valence-corrected chi connectivity index (χ3v) is 6.72. The first-order valence-electron chi connectivity index (χ1n) is 10.6. The molecule has 0 atom stereocenters. The lowest BCUT2D eigenvalue weighted by atomic mass is 10.2. The fraction of sp³-hybridized carbons (Fsp3) is 0.304. The van der Waals surface area contributed by atoms with Crippen molar-refractivity contribution >= 4 is 27.5 Å². The Morgan fingerprint density at radius 1 is 1.06 bits per heavy atom. The third-order valence-electron chi connectivity index (χ3n) is 5.28. The minimum atomic E-state index is -4.12. The van der Waals surface area contributed by atoms with Crippen LogP contribution in [0, 0.1) is 5.82 Å². The van der Waals surface area contributed by atoms with Gasteiger partial charge in [0.1, 0.15) is 10.7 Å². The van der Waals surface area contributed by atoms with E-state index >= 15 is 0 Å². The molecule has 0 radical (unpaired) electrons. The molecule has 0 spiro atoms. The second kappa shape index (κ2) is 11.1. The number of nitrogens with zero attached hydrogens (tertiary/aromatic N) is 2. The summed E-state index contributed by atoms with van der Waals surface area (Å²) in [5, 5.41) is 2.59. The summed E-state index contributed by atoms with van der Waals surface area (Å²) in [4.78, 5) is 28.3. The first-order valence-corrected chi connectivity index (χ1v) is 12.1. The maximum atomic E-state index is 14.0. The molecule has 2 aromatic rings. The maximum Gasteiger partial charge on any atom is 0.251 e. The highest BCUT2D eigenvalue weighted by atomic mass is 32.2. The molecule has 10 heteroatoms. The Kier molecular flexibility index (Phi) is 8.18. The largest absolute Gasteiger partial charge is 0.368 e. The molecular formula is C23H27FN4O4S. The number of hydrogen-bond donors (Lipinski definition) is 2. The summed E-state index contributed by atoms with van der Waals surface area (Å²) in [6.45, 7) is 6.08. The van der Waals surface area contributed by atoms with Crippen LogP contribution in [-0.4, -0.2) is 64.4 Å². The number of anilines is 1. The van der Waals surface area contributed by atoms with Crippen molar-refractivity contribution in [2.45, 2.75) is 11.3 Å². The lowest BCUT2D eigenvalue weighted by Gasteiger charge is -2.36. The number of rotatable bonds is 9. The summed E-state index contributed by atoms with van der Waals surface area (Å²) in [7, 11) is -4.12. The van der Waals surface area contributed by atoms with Gasteiger partial charge in [0.05, 0.1) is 0 Å². The number of hydrogen-bond acceptors (Lipinski definition) is 5. The van der Waals surface area contributed by atoms with Crippen molar-refractivity contribution < 1.29 is 22.4 Å². The lowest BCUT2D eigenvalue weighted by Crippen LogP contribution is -2.49. The van der Waals surface area contributed by atoms with Gasteiger partial charge in [-0.3, -0.25) is 9.59 Å². The molecule has 1 heterocycles.